The number of unbranched alkanes of at least 4 members (excludes halogenated alkanes) is 40. The lowest BCUT2D eigenvalue weighted by atomic mass is 10.0. The largest absolute Gasteiger partial charge is 0.462 e. The molecule has 6 nitrogen and oxygen atoms in total. The summed E-state index contributed by atoms with van der Waals surface area (Å²) in [5, 5.41) is 0. The van der Waals surface area contributed by atoms with Gasteiger partial charge in [-0.05, 0) is 25.2 Å². The molecule has 0 aromatic heterocycles. The van der Waals surface area contributed by atoms with Crippen molar-refractivity contribution >= 4 is 17.9 Å². The third kappa shape index (κ3) is 51.4. The van der Waals surface area contributed by atoms with Gasteiger partial charge in [0.15, 0.2) is 6.10 Å². The molecule has 0 spiro atoms. The van der Waals surface area contributed by atoms with E-state index in [0.29, 0.717) is 19.3 Å². The van der Waals surface area contributed by atoms with Gasteiger partial charge in [-0.2, -0.15) is 0 Å². The summed E-state index contributed by atoms with van der Waals surface area (Å²) in [5.41, 5.74) is 0. The van der Waals surface area contributed by atoms with Crippen molar-refractivity contribution in [1.29, 1.82) is 0 Å². The molecule has 0 aliphatic heterocycles. The van der Waals surface area contributed by atoms with Crippen LogP contribution in [0.5, 0.6) is 0 Å². The Morgan fingerprint density at radius 1 is 0.297 bits per heavy atom. The van der Waals surface area contributed by atoms with E-state index in [1.165, 1.54) is 225 Å². The van der Waals surface area contributed by atoms with E-state index >= 15 is 0 Å². The Balaban J connectivity index is 4.18. The molecule has 0 saturated heterocycles. The molecule has 0 aromatic carbocycles. The molecule has 0 fully saturated rings. The molecule has 0 saturated carbocycles. The monoisotopic (exact) mass is 905 g/mol. The van der Waals surface area contributed by atoms with Gasteiger partial charge in [0.25, 0.3) is 0 Å². The van der Waals surface area contributed by atoms with Crippen LogP contribution in [0.4, 0.5) is 0 Å². The number of ether oxygens (including phenoxy) is 3. The number of esters is 3. The summed E-state index contributed by atoms with van der Waals surface area (Å²) in [6, 6.07) is 0. The summed E-state index contributed by atoms with van der Waals surface area (Å²) in [5.74, 6) is 0.0214. The molecule has 0 amide bonds. The van der Waals surface area contributed by atoms with Crippen LogP contribution in [0.15, 0.2) is 0 Å². The van der Waals surface area contributed by atoms with Crippen molar-refractivity contribution in [3.05, 3.63) is 0 Å². The molecule has 0 unspecified atom stereocenters. The first-order valence-corrected chi connectivity index (χ1v) is 28.9. The molecule has 380 valence electrons. The van der Waals surface area contributed by atoms with Gasteiger partial charge in [-0.15, -0.1) is 0 Å². The number of hydrogen-bond acceptors (Lipinski definition) is 6. The topological polar surface area (TPSA) is 78.9 Å². The summed E-state index contributed by atoms with van der Waals surface area (Å²) < 4.78 is 16.9. The third-order valence-corrected chi connectivity index (χ3v) is 13.3. The van der Waals surface area contributed by atoms with Gasteiger partial charge in [-0.25, -0.2) is 0 Å². The molecule has 0 N–H and O–H groups in total. The Bertz CT molecular complexity index is 964. The fourth-order valence-electron chi connectivity index (χ4n) is 8.92. The Hall–Kier alpha value is -1.59. The van der Waals surface area contributed by atoms with E-state index in [-0.39, 0.29) is 31.1 Å². The average Bonchev–Trinajstić information content (AvgIpc) is 3.28. The molecule has 1 atom stereocenters. The van der Waals surface area contributed by atoms with Crippen molar-refractivity contribution in [3.63, 3.8) is 0 Å². The average molecular weight is 906 g/mol. The van der Waals surface area contributed by atoms with Gasteiger partial charge in [-0.3, -0.25) is 14.4 Å². The van der Waals surface area contributed by atoms with Crippen LogP contribution in [0.3, 0.4) is 0 Å². The Morgan fingerprint density at radius 2 is 0.516 bits per heavy atom. The predicted molar refractivity (Wildman–Crippen MR) is 275 cm³/mol. The molecule has 6 heteroatoms. The van der Waals surface area contributed by atoms with Crippen molar-refractivity contribution in [3.8, 4) is 0 Å². The third-order valence-electron chi connectivity index (χ3n) is 13.3. The van der Waals surface area contributed by atoms with Gasteiger partial charge < -0.3 is 14.2 Å². The summed E-state index contributed by atoms with van der Waals surface area (Å²) in [6.45, 7) is 9.06. The summed E-state index contributed by atoms with van der Waals surface area (Å²) in [4.78, 5) is 38.0. The first-order chi connectivity index (χ1) is 31.4. The van der Waals surface area contributed by atoms with Crippen molar-refractivity contribution in [1.82, 2.24) is 0 Å². The van der Waals surface area contributed by atoms with Gasteiger partial charge in [0, 0.05) is 19.3 Å². The zero-order valence-electron chi connectivity index (χ0n) is 43.8. The second-order valence-corrected chi connectivity index (χ2v) is 20.4. The number of carbonyl (C=O) groups excluding carboxylic acids is 3. The smallest absolute Gasteiger partial charge is 0.306 e. The molecule has 0 rings (SSSR count). The van der Waals surface area contributed by atoms with Crippen molar-refractivity contribution < 1.29 is 28.6 Å². The fraction of sp³-hybridized carbons (Fsp3) is 0.948. The van der Waals surface area contributed by atoms with Gasteiger partial charge in [-0.1, -0.05) is 291 Å². The van der Waals surface area contributed by atoms with E-state index in [1.54, 1.807) is 0 Å². The van der Waals surface area contributed by atoms with Gasteiger partial charge in [0.2, 0.25) is 0 Å². The highest BCUT2D eigenvalue weighted by Crippen LogP contribution is 2.18. The maximum Gasteiger partial charge on any atom is 0.306 e. The normalized spacial score (nSPS) is 12.0. The van der Waals surface area contributed by atoms with E-state index in [1.807, 2.05) is 0 Å². The predicted octanol–water partition coefficient (Wildman–Crippen LogP) is 19.0. The van der Waals surface area contributed by atoms with Crippen LogP contribution >= 0.6 is 0 Å². The Morgan fingerprint density at radius 3 is 0.766 bits per heavy atom. The van der Waals surface area contributed by atoms with Crippen molar-refractivity contribution in [2.45, 2.75) is 336 Å². The molecule has 0 aromatic rings. The maximum atomic E-state index is 12.8. The number of rotatable bonds is 53. The second kappa shape index (κ2) is 52.4. The van der Waals surface area contributed by atoms with Gasteiger partial charge in [0.1, 0.15) is 13.2 Å². The summed E-state index contributed by atoms with van der Waals surface area (Å²) in [6.07, 6.45) is 56.7. The van der Waals surface area contributed by atoms with E-state index in [4.69, 9.17) is 14.2 Å². The fourth-order valence-corrected chi connectivity index (χ4v) is 8.92. The van der Waals surface area contributed by atoms with Crippen LogP contribution in [-0.4, -0.2) is 37.2 Å². The van der Waals surface area contributed by atoms with E-state index < -0.39 is 6.10 Å². The molecule has 0 radical (unpaired) electrons. The van der Waals surface area contributed by atoms with Gasteiger partial charge in [0.05, 0.1) is 0 Å². The standard InChI is InChI=1S/C58H112O6/c1-5-7-9-11-13-15-17-18-23-27-30-34-37-41-45-49-56(59)62-52-55(64-58(61)51-47-43-39-33-16-14-12-10-8-6-2)53-63-57(60)50-46-42-38-35-31-28-25-22-20-19-21-24-26-29-32-36-40-44-48-54(3)4/h54-55H,5-53H2,1-4H3/t55-/m0/s1. The van der Waals surface area contributed by atoms with Crippen LogP contribution in [0, 0.1) is 5.92 Å². The molecule has 0 aliphatic rings. The van der Waals surface area contributed by atoms with Crippen molar-refractivity contribution in [2.24, 2.45) is 5.92 Å². The van der Waals surface area contributed by atoms with Crippen LogP contribution in [0.25, 0.3) is 0 Å². The SMILES string of the molecule is CCCCCCCCCCCCCCCCCC(=O)OC[C@@H](COC(=O)CCCCCCCCCCCCCCCCCCCCC(C)C)OC(=O)CCCCCCCCCCCC. The summed E-state index contributed by atoms with van der Waals surface area (Å²) >= 11 is 0. The molecular formula is C58H112O6. The quantitative estimate of drug-likeness (QED) is 0.0344. The van der Waals surface area contributed by atoms with Crippen LogP contribution < -0.4 is 0 Å². The zero-order valence-corrected chi connectivity index (χ0v) is 43.8. The Labute approximate surface area is 399 Å². The number of carbonyl (C=O) groups is 3. The highest BCUT2D eigenvalue weighted by atomic mass is 16.6. The van der Waals surface area contributed by atoms with Crippen LogP contribution in [0.1, 0.15) is 329 Å². The summed E-state index contributed by atoms with van der Waals surface area (Å²) in [7, 11) is 0. The lowest BCUT2D eigenvalue weighted by Gasteiger charge is -2.18. The molecular weight excluding hydrogens is 793 g/mol. The van der Waals surface area contributed by atoms with Gasteiger partial charge >= 0.3 is 17.9 Å². The Kier molecular flexibility index (Phi) is 51.1. The highest BCUT2D eigenvalue weighted by Gasteiger charge is 2.19. The van der Waals surface area contributed by atoms with Crippen molar-refractivity contribution in [2.75, 3.05) is 13.2 Å². The molecule has 64 heavy (non-hydrogen) atoms. The second-order valence-electron chi connectivity index (χ2n) is 20.4. The minimum Gasteiger partial charge on any atom is -0.462 e. The maximum absolute atomic E-state index is 12.8. The highest BCUT2D eigenvalue weighted by molar-refractivity contribution is 5.71. The first kappa shape index (κ1) is 62.4. The minimum absolute atomic E-state index is 0.0620. The van der Waals surface area contributed by atoms with E-state index in [0.717, 1.165) is 63.7 Å². The molecule has 0 aliphatic carbocycles. The van der Waals surface area contributed by atoms with Crippen LogP contribution in [0.2, 0.25) is 0 Å². The zero-order chi connectivity index (χ0) is 46.7. The van der Waals surface area contributed by atoms with Crippen LogP contribution in [-0.2, 0) is 28.6 Å². The molecule has 0 bridgehead atoms. The lowest BCUT2D eigenvalue weighted by molar-refractivity contribution is -0.167. The lowest BCUT2D eigenvalue weighted by Crippen LogP contribution is -2.30. The van der Waals surface area contributed by atoms with E-state index in [2.05, 4.69) is 27.7 Å². The van der Waals surface area contributed by atoms with E-state index in [9.17, 15) is 14.4 Å². The minimum atomic E-state index is -0.760. The number of hydrogen-bond donors (Lipinski definition) is 0. The first-order valence-electron chi connectivity index (χ1n) is 28.9. The molecule has 0 heterocycles.